The summed E-state index contributed by atoms with van der Waals surface area (Å²) in [6.07, 6.45) is 0. The third-order valence-electron chi connectivity index (χ3n) is 17.0. The Bertz CT molecular complexity index is 4490. The van der Waals surface area contributed by atoms with E-state index >= 15 is 0 Å². The van der Waals surface area contributed by atoms with Crippen molar-refractivity contribution in [3.63, 3.8) is 0 Å². The van der Waals surface area contributed by atoms with Crippen molar-refractivity contribution in [2.24, 2.45) is 14.1 Å². The molecule has 2 aliphatic rings. The number of aryl methyl sites for hydroxylation is 2. The normalized spacial score (nSPS) is 13.7. The maximum Gasteiger partial charge on any atom is 0.257 e. The molecule has 0 N–H and O–H groups in total. The van der Waals surface area contributed by atoms with Gasteiger partial charge < -0.3 is 9.13 Å². The van der Waals surface area contributed by atoms with Gasteiger partial charge in [0, 0.05) is 47.6 Å². The van der Waals surface area contributed by atoms with Crippen LogP contribution >= 0.6 is 0 Å². The Kier molecular flexibility index (Phi) is 8.52. The van der Waals surface area contributed by atoms with Crippen LogP contribution in [0.3, 0.4) is 0 Å². The molecule has 0 bridgehead atoms. The summed E-state index contributed by atoms with van der Waals surface area (Å²) in [5, 5.41) is 17.9. The van der Waals surface area contributed by atoms with E-state index in [1.54, 1.807) is 0 Å². The molecule has 0 unspecified atom stereocenters. The van der Waals surface area contributed by atoms with Gasteiger partial charge in [-0.1, -0.05) is 175 Å². The zero-order valence-electron chi connectivity index (χ0n) is 42.8. The topological polar surface area (TPSA) is 16.3 Å². The van der Waals surface area contributed by atoms with Crippen LogP contribution in [0.15, 0.2) is 188 Å². The first-order valence-electron chi connectivity index (χ1n) is 26.0. The van der Waals surface area contributed by atoms with Gasteiger partial charge in [0.05, 0.1) is 5.69 Å². The Morgan fingerprint density at radius 3 is 1.19 bits per heavy atom. The van der Waals surface area contributed by atoms with Gasteiger partial charge in [-0.05, 0) is 163 Å². The van der Waals surface area contributed by atoms with Crippen molar-refractivity contribution < 1.29 is 0 Å². The Balaban J connectivity index is 1.12. The molecule has 15 rings (SSSR count). The highest BCUT2D eigenvalue weighted by atomic mass is 15.3. The number of aromatic nitrogens is 2. The van der Waals surface area contributed by atoms with Crippen LogP contribution in [0.2, 0.25) is 0 Å². The summed E-state index contributed by atoms with van der Waals surface area (Å²) in [7, 11) is 4.60. The molecule has 4 heterocycles. The molecule has 73 heavy (non-hydrogen) atoms. The third kappa shape index (κ3) is 5.68. The Hall–Kier alpha value is -8.28. The van der Waals surface area contributed by atoms with Crippen molar-refractivity contribution in [2.45, 2.75) is 52.4 Å². The molecule has 0 saturated carbocycles. The van der Waals surface area contributed by atoms with E-state index in [0.717, 1.165) is 5.69 Å². The molecule has 0 radical (unpaired) electrons. The van der Waals surface area contributed by atoms with E-state index < -0.39 is 0 Å². The van der Waals surface area contributed by atoms with Gasteiger partial charge in [0.2, 0.25) is 0 Å². The molecule has 5 heteroatoms. The van der Waals surface area contributed by atoms with Crippen LogP contribution in [0.25, 0.3) is 86.4 Å². The third-order valence-corrected chi connectivity index (χ3v) is 17.0. The Labute approximate surface area is 426 Å². The van der Waals surface area contributed by atoms with Crippen LogP contribution in [0.5, 0.6) is 0 Å². The predicted octanol–water partition coefficient (Wildman–Crippen LogP) is 16.3. The van der Waals surface area contributed by atoms with Crippen molar-refractivity contribution in [1.82, 2.24) is 9.13 Å². The molecule has 13 aromatic rings. The lowest BCUT2D eigenvalue weighted by Crippen LogP contribution is -2.61. The first-order valence-corrected chi connectivity index (χ1v) is 26.0. The number of benzene rings is 11. The van der Waals surface area contributed by atoms with E-state index in [2.05, 4.69) is 263 Å². The molecule has 0 atom stereocenters. The number of rotatable bonds is 2. The quantitative estimate of drug-likeness (QED) is 0.127. The molecule has 4 nitrogen and oxygen atoms in total. The van der Waals surface area contributed by atoms with Gasteiger partial charge in [0.1, 0.15) is 11.6 Å². The molecule has 11 aromatic carbocycles. The van der Waals surface area contributed by atoms with E-state index in [1.165, 1.54) is 143 Å². The molecule has 0 amide bonds. The zero-order chi connectivity index (χ0) is 49.4. The molecule has 0 aliphatic carbocycles. The number of fused-ring (bicyclic) bond motifs is 20. The summed E-state index contributed by atoms with van der Waals surface area (Å²) in [5.41, 5.74) is 13.8. The molecule has 2 aromatic heterocycles. The fourth-order valence-corrected chi connectivity index (χ4v) is 13.5. The summed E-state index contributed by atoms with van der Waals surface area (Å²) < 4.78 is 5.00. The van der Waals surface area contributed by atoms with E-state index in [-0.39, 0.29) is 17.5 Å². The molecule has 0 spiro atoms. The Morgan fingerprint density at radius 2 is 0.699 bits per heavy atom. The summed E-state index contributed by atoms with van der Waals surface area (Å²) in [6.45, 7) is 14.0. The first kappa shape index (κ1) is 42.4. The van der Waals surface area contributed by atoms with E-state index in [0.29, 0.717) is 0 Å². The van der Waals surface area contributed by atoms with Gasteiger partial charge in [-0.25, -0.2) is 0 Å². The highest BCUT2D eigenvalue weighted by Gasteiger charge is 2.48. The standard InChI is InChI=1S/C68H55BN4/c1-67(2,3)40-31-35-56-54(37-40)62-65(70(56)7)72(42-33-34-50-45-21-10-9-19-43(45)44-20-12-14-25-49(44)53(50)39-42)59-29-18-30-60-64(59)69(62)63-55-38-41(68(4,5)6)32-36-57(55)71(8)66(63)73(60)58-28-17-27-52-48-23-13-11-22-46(48)47-24-15-16-26-51(47)61(52)58/h9-39H,1-8H3. The molecule has 350 valence electrons. The van der Waals surface area contributed by atoms with Crippen LogP contribution < -0.4 is 26.2 Å². The molecule has 0 fully saturated rings. The molecular formula is C68H55BN4. The number of hydrogen-bond acceptors (Lipinski definition) is 2. The highest BCUT2D eigenvalue weighted by Crippen LogP contribution is 2.51. The number of hydrogen-bond donors (Lipinski definition) is 0. The fraction of sp³-hybridized carbons (Fsp3) is 0.147. The van der Waals surface area contributed by atoms with E-state index in [1.807, 2.05) is 0 Å². The molecule has 0 saturated heterocycles. The lowest BCUT2D eigenvalue weighted by atomic mass is 9.33. The zero-order valence-corrected chi connectivity index (χ0v) is 42.8. The largest absolute Gasteiger partial charge is 0.330 e. The van der Waals surface area contributed by atoms with Crippen LogP contribution in [0.1, 0.15) is 52.7 Å². The Morgan fingerprint density at radius 1 is 0.315 bits per heavy atom. The average Bonchev–Trinajstić information content (AvgIpc) is 3.88. The minimum Gasteiger partial charge on any atom is -0.330 e. The lowest BCUT2D eigenvalue weighted by Gasteiger charge is -2.43. The van der Waals surface area contributed by atoms with Crippen LogP contribution in [-0.4, -0.2) is 15.8 Å². The molecular weight excluding hydrogens is 884 g/mol. The second-order valence-electron chi connectivity index (χ2n) is 23.0. The van der Waals surface area contributed by atoms with E-state index in [9.17, 15) is 0 Å². The van der Waals surface area contributed by atoms with Gasteiger partial charge in [0.15, 0.2) is 0 Å². The minimum atomic E-state index is -0.0840. The fourth-order valence-electron chi connectivity index (χ4n) is 13.5. The summed E-state index contributed by atoms with van der Waals surface area (Å²) in [4.78, 5) is 5.27. The van der Waals surface area contributed by atoms with Crippen LogP contribution in [0, 0.1) is 0 Å². The van der Waals surface area contributed by atoms with Crippen molar-refractivity contribution in [1.29, 1.82) is 0 Å². The summed E-state index contributed by atoms with van der Waals surface area (Å²) in [6, 6.07) is 71.8. The van der Waals surface area contributed by atoms with E-state index in [4.69, 9.17) is 0 Å². The van der Waals surface area contributed by atoms with Gasteiger partial charge in [-0.15, -0.1) is 0 Å². The van der Waals surface area contributed by atoms with Crippen molar-refractivity contribution in [2.75, 3.05) is 9.80 Å². The average molecular weight is 939 g/mol. The number of nitrogens with zero attached hydrogens (tertiary/aromatic N) is 4. The SMILES string of the molecule is Cn1c2c(c3cc(C(C)(C)C)ccc31)B1c3c(cccc3N(c3cccc4c5ccccc5c5ccccc5c34)c3c1c1cc(C(C)(C)C)ccc1n3C)N2c1ccc2c3ccccc3c3ccccc3c2c1. The van der Waals surface area contributed by atoms with Crippen LogP contribution in [0.4, 0.5) is 34.4 Å². The number of anilines is 6. The van der Waals surface area contributed by atoms with Crippen molar-refractivity contribution in [3.05, 3.63) is 199 Å². The van der Waals surface area contributed by atoms with Gasteiger partial charge in [-0.2, -0.15) is 0 Å². The first-order chi connectivity index (χ1) is 35.4. The maximum atomic E-state index is 2.65. The minimum absolute atomic E-state index is 0.0482. The van der Waals surface area contributed by atoms with Crippen LogP contribution in [-0.2, 0) is 24.9 Å². The smallest absolute Gasteiger partial charge is 0.257 e. The summed E-state index contributed by atoms with van der Waals surface area (Å²) >= 11 is 0. The van der Waals surface area contributed by atoms with Crippen molar-refractivity contribution >= 4 is 144 Å². The van der Waals surface area contributed by atoms with Gasteiger partial charge >= 0.3 is 0 Å². The maximum absolute atomic E-state index is 2.65. The molecule has 2 aliphatic heterocycles. The van der Waals surface area contributed by atoms with Gasteiger partial charge in [-0.3, -0.25) is 9.80 Å². The van der Waals surface area contributed by atoms with Crippen molar-refractivity contribution in [3.8, 4) is 0 Å². The second kappa shape index (κ2) is 14.7. The van der Waals surface area contributed by atoms with Gasteiger partial charge in [0.25, 0.3) is 6.71 Å². The second-order valence-corrected chi connectivity index (χ2v) is 23.0. The highest BCUT2D eigenvalue weighted by molar-refractivity contribution is 7.03. The monoisotopic (exact) mass is 938 g/mol. The predicted molar refractivity (Wildman–Crippen MR) is 316 cm³/mol. The lowest BCUT2D eigenvalue weighted by molar-refractivity contribution is 0.591. The summed E-state index contributed by atoms with van der Waals surface area (Å²) in [5.74, 6) is 2.43.